The van der Waals surface area contributed by atoms with E-state index in [-0.39, 0.29) is 5.03 Å². The molecule has 0 amide bonds. The Kier molecular flexibility index (Phi) is 1.71. The van der Waals surface area contributed by atoms with Crippen LogP contribution in [0.25, 0.3) is 0 Å². The van der Waals surface area contributed by atoms with Gasteiger partial charge in [-0.15, -0.1) is 0 Å². The molecule has 0 radical (unpaired) electrons. The predicted molar refractivity (Wildman–Crippen MR) is 46.6 cm³/mol. The minimum Gasteiger partial charge on any atom is -0.256 e. The highest BCUT2D eigenvalue weighted by molar-refractivity contribution is 7.89. The number of rotatable bonds is 2. The van der Waals surface area contributed by atoms with Crippen LogP contribution >= 0.6 is 0 Å². The molecule has 0 atom stereocenters. The topological polar surface area (TPSA) is 78.0 Å². The van der Waals surface area contributed by atoms with Crippen LogP contribution in [0.2, 0.25) is 0 Å². The Bertz CT molecular complexity index is 431. The van der Waals surface area contributed by atoms with Gasteiger partial charge in [0.1, 0.15) is 0 Å². The van der Waals surface area contributed by atoms with Crippen molar-refractivity contribution < 1.29 is 8.42 Å². The quantitative estimate of drug-likeness (QED) is 0.728. The second-order valence-electron chi connectivity index (χ2n) is 3.35. The van der Waals surface area contributed by atoms with Crippen LogP contribution in [0.3, 0.4) is 0 Å². The first-order chi connectivity index (χ1) is 6.00. The number of aryl methyl sites for hydroxylation is 1. The Morgan fingerprint density at radius 2 is 2.23 bits per heavy atom. The monoisotopic (exact) mass is 201 g/mol. The molecule has 1 aromatic heterocycles. The van der Waals surface area contributed by atoms with Crippen LogP contribution < -0.4 is 5.14 Å². The van der Waals surface area contributed by atoms with Crippen LogP contribution in [-0.4, -0.2) is 18.2 Å². The molecule has 1 saturated carbocycles. The lowest BCUT2D eigenvalue weighted by Gasteiger charge is -2.01. The summed E-state index contributed by atoms with van der Waals surface area (Å²) in [6.07, 6.45) is 3.67. The van der Waals surface area contributed by atoms with Crippen molar-refractivity contribution in [2.24, 2.45) is 12.2 Å². The highest BCUT2D eigenvalue weighted by atomic mass is 32.2. The van der Waals surface area contributed by atoms with Crippen LogP contribution in [0.4, 0.5) is 0 Å². The molecule has 1 aliphatic rings. The lowest BCUT2D eigenvalue weighted by Crippen LogP contribution is -2.17. The molecule has 1 aromatic rings. The second-order valence-corrected chi connectivity index (χ2v) is 4.82. The summed E-state index contributed by atoms with van der Waals surface area (Å²) in [6.45, 7) is 0. The molecule has 0 unspecified atom stereocenters. The molecule has 0 spiro atoms. The van der Waals surface area contributed by atoms with Gasteiger partial charge in [-0.25, -0.2) is 13.6 Å². The third-order valence-electron chi connectivity index (χ3n) is 2.20. The fourth-order valence-corrected chi connectivity index (χ4v) is 2.43. The summed E-state index contributed by atoms with van der Waals surface area (Å²) in [5.74, 6) is 0.349. The summed E-state index contributed by atoms with van der Waals surface area (Å²) in [7, 11) is -2.04. The molecule has 72 valence electrons. The average molecular weight is 201 g/mol. The van der Waals surface area contributed by atoms with Crippen molar-refractivity contribution in [2.45, 2.75) is 23.8 Å². The Balaban J connectivity index is 2.59. The maximum absolute atomic E-state index is 11.2. The Morgan fingerprint density at radius 3 is 2.69 bits per heavy atom. The van der Waals surface area contributed by atoms with E-state index in [9.17, 15) is 8.42 Å². The molecule has 0 saturated heterocycles. The smallest absolute Gasteiger partial charge is 0.255 e. The molecule has 1 heterocycles. The average Bonchev–Trinajstić information content (AvgIpc) is 2.73. The van der Waals surface area contributed by atoms with Gasteiger partial charge in [0.05, 0.1) is 6.20 Å². The third-order valence-corrected chi connectivity index (χ3v) is 3.24. The molecule has 2 rings (SSSR count). The molecule has 0 aliphatic heterocycles. The zero-order chi connectivity index (χ0) is 9.64. The third kappa shape index (κ3) is 1.47. The molecule has 1 aliphatic carbocycles. The lowest BCUT2D eigenvalue weighted by molar-refractivity contribution is 0.576. The number of hydrogen-bond acceptors (Lipinski definition) is 3. The highest BCUT2D eigenvalue weighted by Gasteiger charge is 2.31. The van der Waals surface area contributed by atoms with Crippen molar-refractivity contribution in [3.05, 3.63) is 11.8 Å². The molecule has 2 N–H and O–H groups in total. The van der Waals surface area contributed by atoms with Gasteiger partial charge in [0.25, 0.3) is 10.0 Å². The fourth-order valence-electron chi connectivity index (χ4n) is 1.47. The predicted octanol–water partition coefficient (Wildman–Crippen LogP) is -0.0551. The van der Waals surface area contributed by atoms with E-state index in [0.29, 0.717) is 5.92 Å². The van der Waals surface area contributed by atoms with Crippen molar-refractivity contribution in [2.75, 3.05) is 0 Å². The van der Waals surface area contributed by atoms with Gasteiger partial charge < -0.3 is 0 Å². The summed E-state index contributed by atoms with van der Waals surface area (Å²) in [5.41, 5.74) is 0.769. The summed E-state index contributed by atoms with van der Waals surface area (Å²) in [6, 6.07) is 0. The van der Waals surface area contributed by atoms with Crippen LogP contribution in [0.1, 0.15) is 24.3 Å². The Labute approximate surface area is 76.6 Å². The first-order valence-electron chi connectivity index (χ1n) is 4.05. The van der Waals surface area contributed by atoms with Crippen LogP contribution in [0, 0.1) is 0 Å². The van der Waals surface area contributed by atoms with Gasteiger partial charge in [0, 0.05) is 12.6 Å². The van der Waals surface area contributed by atoms with Gasteiger partial charge in [-0.05, 0) is 18.8 Å². The van der Waals surface area contributed by atoms with Gasteiger partial charge in [-0.3, -0.25) is 4.68 Å². The molecular weight excluding hydrogens is 190 g/mol. The maximum Gasteiger partial charge on any atom is 0.255 e. The largest absolute Gasteiger partial charge is 0.256 e. The lowest BCUT2D eigenvalue weighted by atomic mass is 10.2. The molecule has 6 heteroatoms. The van der Waals surface area contributed by atoms with Crippen molar-refractivity contribution in [3.8, 4) is 0 Å². The first-order valence-corrected chi connectivity index (χ1v) is 5.59. The SMILES string of the molecule is Cn1ncc(C2CC2)c1S(N)(=O)=O. The van der Waals surface area contributed by atoms with Gasteiger partial charge in [0.2, 0.25) is 0 Å². The number of primary sulfonamides is 1. The zero-order valence-electron chi connectivity index (χ0n) is 7.27. The summed E-state index contributed by atoms with van der Waals surface area (Å²) in [5, 5.41) is 9.14. The van der Waals surface area contributed by atoms with Gasteiger partial charge in [-0.1, -0.05) is 0 Å². The molecule has 0 aromatic carbocycles. The maximum atomic E-state index is 11.2. The van der Waals surface area contributed by atoms with Crippen molar-refractivity contribution in [1.29, 1.82) is 0 Å². The van der Waals surface area contributed by atoms with E-state index >= 15 is 0 Å². The van der Waals surface area contributed by atoms with Gasteiger partial charge in [0.15, 0.2) is 5.03 Å². The Hall–Kier alpha value is -0.880. The van der Waals surface area contributed by atoms with Crippen molar-refractivity contribution in [3.63, 3.8) is 0 Å². The minimum atomic E-state index is -3.63. The number of hydrogen-bond donors (Lipinski definition) is 1. The van der Waals surface area contributed by atoms with Gasteiger partial charge >= 0.3 is 0 Å². The molecule has 5 nitrogen and oxygen atoms in total. The standard InChI is InChI=1S/C7H11N3O2S/c1-10-7(13(8,11)12)6(4-9-10)5-2-3-5/h4-5H,2-3H2,1H3,(H2,8,11,12). The molecule has 13 heavy (non-hydrogen) atoms. The Morgan fingerprint density at radius 1 is 1.62 bits per heavy atom. The molecule has 1 fully saturated rings. The molecule has 0 bridgehead atoms. The van der Waals surface area contributed by atoms with E-state index < -0.39 is 10.0 Å². The minimum absolute atomic E-state index is 0.162. The van der Waals surface area contributed by atoms with E-state index in [1.54, 1.807) is 13.2 Å². The number of aromatic nitrogens is 2. The fraction of sp³-hybridized carbons (Fsp3) is 0.571. The highest BCUT2D eigenvalue weighted by Crippen LogP contribution is 2.42. The number of sulfonamides is 1. The van der Waals surface area contributed by atoms with E-state index in [2.05, 4.69) is 5.10 Å². The van der Waals surface area contributed by atoms with Crippen LogP contribution in [0.5, 0.6) is 0 Å². The van der Waals surface area contributed by atoms with E-state index in [1.165, 1.54) is 4.68 Å². The van der Waals surface area contributed by atoms with Crippen LogP contribution in [0.15, 0.2) is 11.2 Å². The second kappa shape index (κ2) is 2.55. The molecular formula is C7H11N3O2S. The normalized spacial score (nSPS) is 17.7. The van der Waals surface area contributed by atoms with Crippen molar-refractivity contribution in [1.82, 2.24) is 9.78 Å². The van der Waals surface area contributed by atoms with E-state index in [4.69, 9.17) is 5.14 Å². The van der Waals surface area contributed by atoms with Crippen LogP contribution in [-0.2, 0) is 17.1 Å². The number of nitrogens with two attached hydrogens (primary N) is 1. The summed E-state index contributed by atoms with van der Waals surface area (Å²) in [4.78, 5) is 0. The van der Waals surface area contributed by atoms with Crippen molar-refractivity contribution >= 4 is 10.0 Å². The number of nitrogens with zero attached hydrogens (tertiary/aromatic N) is 2. The van der Waals surface area contributed by atoms with E-state index in [1.807, 2.05) is 0 Å². The first kappa shape index (κ1) is 8.71. The van der Waals surface area contributed by atoms with E-state index in [0.717, 1.165) is 18.4 Å². The summed E-state index contributed by atoms with van der Waals surface area (Å²) < 4.78 is 23.7. The zero-order valence-corrected chi connectivity index (χ0v) is 8.08. The van der Waals surface area contributed by atoms with Gasteiger partial charge in [-0.2, -0.15) is 5.10 Å². The summed E-state index contributed by atoms with van der Waals surface area (Å²) >= 11 is 0.